The van der Waals surface area contributed by atoms with E-state index in [1.165, 1.54) is 32.1 Å². The summed E-state index contributed by atoms with van der Waals surface area (Å²) in [6.45, 7) is 5.80. The maximum Gasteiger partial charge on any atom is 0.272 e. The monoisotopic (exact) mass is 355 g/mol. The van der Waals surface area contributed by atoms with Gasteiger partial charge in [0, 0.05) is 6.04 Å². The van der Waals surface area contributed by atoms with Crippen molar-refractivity contribution < 1.29 is 4.79 Å². The van der Waals surface area contributed by atoms with Gasteiger partial charge in [0.1, 0.15) is 12.2 Å². The van der Waals surface area contributed by atoms with E-state index in [9.17, 15) is 9.59 Å². The van der Waals surface area contributed by atoms with Gasteiger partial charge in [0.25, 0.3) is 5.56 Å². The summed E-state index contributed by atoms with van der Waals surface area (Å²) in [5.74, 6) is -0.0807. The molecular weight excluding hydrogens is 326 g/mol. The Morgan fingerprint density at radius 1 is 1.08 bits per heavy atom. The Morgan fingerprint density at radius 3 is 2.38 bits per heavy atom. The Labute approximate surface area is 154 Å². The van der Waals surface area contributed by atoms with E-state index in [0.29, 0.717) is 5.69 Å². The molecule has 5 nitrogen and oxygen atoms in total. The fourth-order valence-corrected chi connectivity index (χ4v) is 3.80. The number of nitrogens with zero attached hydrogens (tertiary/aromatic N) is 2. The summed E-state index contributed by atoms with van der Waals surface area (Å²) in [6.07, 6.45) is 8.21. The molecule has 1 fully saturated rings. The first-order valence-electron chi connectivity index (χ1n) is 9.73. The van der Waals surface area contributed by atoms with E-state index in [1.54, 1.807) is 11.5 Å². The molecule has 1 aromatic carbocycles. The lowest BCUT2D eigenvalue weighted by Gasteiger charge is -2.21. The topological polar surface area (TPSA) is 64.0 Å². The first-order chi connectivity index (χ1) is 12.5. The number of amides is 1. The Kier molecular flexibility index (Phi) is 5.74. The highest BCUT2D eigenvalue weighted by Crippen LogP contribution is 2.18. The van der Waals surface area contributed by atoms with Crippen LogP contribution in [0.15, 0.2) is 16.9 Å². The highest BCUT2D eigenvalue weighted by molar-refractivity contribution is 5.81. The standard InChI is InChI=1S/C21H29N3O2/c1-14-11-18-19(12-15(14)2)24(21(26)16(3)22-18)13-20(25)23-17-9-7-5-4-6-8-10-17/h11-12,17H,4-10,13H2,1-3H3,(H,23,25). The molecule has 1 saturated carbocycles. The Bertz CT molecular complexity index is 862. The molecule has 3 rings (SSSR count). The molecule has 1 heterocycles. The molecule has 1 aromatic heterocycles. The molecule has 0 atom stereocenters. The predicted molar refractivity (Wildman–Crippen MR) is 104 cm³/mol. The molecule has 0 bridgehead atoms. The van der Waals surface area contributed by atoms with Crippen LogP contribution in [0.2, 0.25) is 0 Å². The van der Waals surface area contributed by atoms with Crippen molar-refractivity contribution in [2.45, 2.75) is 78.3 Å². The number of carbonyl (C=O) groups excluding carboxylic acids is 1. The van der Waals surface area contributed by atoms with Gasteiger partial charge in [0.15, 0.2) is 0 Å². The number of hydrogen-bond acceptors (Lipinski definition) is 3. The van der Waals surface area contributed by atoms with Crippen molar-refractivity contribution in [2.75, 3.05) is 0 Å². The number of aromatic nitrogens is 2. The first kappa shape index (κ1) is 18.6. The number of rotatable bonds is 3. The van der Waals surface area contributed by atoms with E-state index < -0.39 is 0 Å². The van der Waals surface area contributed by atoms with E-state index in [-0.39, 0.29) is 24.1 Å². The molecule has 26 heavy (non-hydrogen) atoms. The lowest BCUT2D eigenvalue weighted by molar-refractivity contribution is -0.122. The van der Waals surface area contributed by atoms with Crippen molar-refractivity contribution in [1.82, 2.24) is 14.9 Å². The highest BCUT2D eigenvalue weighted by Gasteiger charge is 2.17. The van der Waals surface area contributed by atoms with E-state index in [1.807, 2.05) is 26.0 Å². The van der Waals surface area contributed by atoms with Gasteiger partial charge in [0.2, 0.25) is 5.91 Å². The third kappa shape index (κ3) is 4.14. The molecular formula is C21H29N3O2. The third-order valence-electron chi connectivity index (χ3n) is 5.50. The van der Waals surface area contributed by atoms with E-state index in [4.69, 9.17) is 0 Å². The van der Waals surface area contributed by atoms with Gasteiger partial charge >= 0.3 is 0 Å². The molecule has 5 heteroatoms. The zero-order valence-electron chi connectivity index (χ0n) is 16.1. The fourth-order valence-electron chi connectivity index (χ4n) is 3.80. The van der Waals surface area contributed by atoms with Crippen molar-refractivity contribution in [3.8, 4) is 0 Å². The summed E-state index contributed by atoms with van der Waals surface area (Å²) in [7, 11) is 0. The molecule has 1 amide bonds. The lowest BCUT2D eigenvalue weighted by atomic mass is 9.97. The molecule has 0 radical (unpaired) electrons. The second kappa shape index (κ2) is 8.02. The van der Waals surface area contributed by atoms with Gasteiger partial charge in [-0.2, -0.15) is 0 Å². The molecule has 0 aliphatic heterocycles. The predicted octanol–water partition coefficient (Wildman–Crippen LogP) is 3.55. The van der Waals surface area contributed by atoms with Crippen LogP contribution in [0.3, 0.4) is 0 Å². The fraction of sp³-hybridized carbons (Fsp3) is 0.571. The number of fused-ring (bicyclic) bond motifs is 1. The summed E-state index contributed by atoms with van der Waals surface area (Å²) in [5, 5.41) is 3.15. The Hall–Kier alpha value is -2.17. The molecule has 1 N–H and O–H groups in total. The maximum atomic E-state index is 12.6. The van der Waals surface area contributed by atoms with Gasteiger partial charge in [-0.25, -0.2) is 4.98 Å². The van der Waals surface area contributed by atoms with Gasteiger partial charge in [-0.1, -0.05) is 32.1 Å². The van der Waals surface area contributed by atoms with Crippen molar-refractivity contribution in [3.63, 3.8) is 0 Å². The first-order valence-corrected chi connectivity index (χ1v) is 9.73. The summed E-state index contributed by atoms with van der Waals surface area (Å²) in [5.41, 5.74) is 3.97. The van der Waals surface area contributed by atoms with Crippen LogP contribution in [0.4, 0.5) is 0 Å². The van der Waals surface area contributed by atoms with Gasteiger partial charge in [-0.05, 0) is 56.9 Å². The number of nitrogens with one attached hydrogen (secondary N) is 1. The minimum Gasteiger partial charge on any atom is -0.352 e. The Morgan fingerprint density at radius 2 is 1.69 bits per heavy atom. The molecule has 0 saturated heterocycles. The lowest BCUT2D eigenvalue weighted by Crippen LogP contribution is -2.39. The van der Waals surface area contributed by atoms with Crippen molar-refractivity contribution in [3.05, 3.63) is 39.3 Å². The van der Waals surface area contributed by atoms with Crippen LogP contribution in [0.25, 0.3) is 11.0 Å². The summed E-state index contributed by atoms with van der Waals surface area (Å²) < 4.78 is 1.57. The highest BCUT2D eigenvalue weighted by atomic mass is 16.2. The molecule has 1 aliphatic carbocycles. The summed E-state index contributed by atoms with van der Waals surface area (Å²) >= 11 is 0. The molecule has 1 aliphatic rings. The zero-order chi connectivity index (χ0) is 18.7. The minimum atomic E-state index is -0.187. The third-order valence-corrected chi connectivity index (χ3v) is 5.50. The van der Waals surface area contributed by atoms with Crippen molar-refractivity contribution >= 4 is 16.9 Å². The van der Waals surface area contributed by atoms with Crippen LogP contribution < -0.4 is 10.9 Å². The smallest absolute Gasteiger partial charge is 0.272 e. The Balaban J connectivity index is 1.85. The van der Waals surface area contributed by atoms with Gasteiger partial charge in [0.05, 0.1) is 11.0 Å². The second-order valence-electron chi connectivity index (χ2n) is 7.62. The number of hydrogen-bond donors (Lipinski definition) is 1. The molecule has 2 aromatic rings. The normalized spacial score (nSPS) is 16.3. The molecule has 140 valence electrons. The van der Waals surface area contributed by atoms with Crippen LogP contribution in [-0.2, 0) is 11.3 Å². The summed E-state index contributed by atoms with van der Waals surface area (Å²) in [4.78, 5) is 29.7. The molecule has 0 spiro atoms. The zero-order valence-corrected chi connectivity index (χ0v) is 16.1. The second-order valence-corrected chi connectivity index (χ2v) is 7.62. The van der Waals surface area contributed by atoms with Gasteiger partial charge < -0.3 is 5.32 Å². The molecule has 0 unspecified atom stereocenters. The van der Waals surface area contributed by atoms with Crippen molar-refractivity contribution in [1.29, 1.82) is 0 Å². The minimum absolute atomic E-state index is 0.0533. The van der Waals surface area contributed by atoms with E-state index in [0.717, 1.165) is 35.0 Å². The van der Waals surface area contributed by atoms with Crippen molar-refractivity contribution in [2.24, 2.45) is 0 Å². The number of aryl methyl sites for hydroxylation is 3. The van der Waals surface area contributed by atoms with Crippen LogP contribution in [-0.4, -0.2) is 21.5 Å². The SMILES string of the molecule is Cc1cc2nc(C)c(=O)n(CC(=O)NC3CCCCCCC3)c2cc1C. The maximum absolute atomic E-state index is 12.6. The van der Waals surface area contributed by atoms with Crippen LogP contribution in [0.1, 0.15) is 61.8 Å². The quantitative estimate of drug-likeness (QED) is 0.916. The average molecular weight is 355 g/mol. The van der Waals surface area contributed by atoms with Crippen LogP contribution in [0.5, 0.6) is 0 Å². The number of carbonyl (C=O) groups is 1. The number of benzene rings is 1. The van der Waals surface area contributed by atoms with Gasteiger partial charge in [-0.3, -0.25) is 14.2 Å². The van der Waals surface area contributed by atoms with Crippen LogP contribution >= 0.6 is 0 Å². The van der Waals surface area contributed by atoms with Crippen LogP contribution in [0, 0.1) is 20.8 Å². The summed E-state index contributed by atoms with van der Waals surface area (Å²) in [6, 6.07) is 4.18. The van der Waals surface area contributed by atoms with Gasteiger partial charge in [-0.15, -0.1) is 0 Å². The largest absolute Gasteiger partial charge is 0.352 e. The van der Waals surface area contributed by atoms with E-state index in [2.05, 4.69) is 10.3 Å². The van der Waals surface area contributed by atoms with E-state index >= 15 is 0 Å². The average Bonchev–Trinajstić information content (AvgIpc) is 2.56.